The van der Waals surface area contributed by atoms with Crippen molar-refractivity contribution in [2.75, 3.05) is 19.7 Å². The number of ether oxygens (including phenoxy) is 1. The first-order valence-corrected chi connectivity index (χ1v) is 7.42. The first-order valence-electron chi connectivity index (χ1n) is 6.63. The fraction of sp³-hybridized carbons (Fsp3) is 0.200. The maximum absolute atomic E-state index is 11.6. The van der Waals surface area contributed by atoms with E-state index in [1.54, 1.807) is 6.07 Å². The van der Waals surface area contributed by atoms with E-state index in [0.29, 0.717) is 17.8 Å². The smallest absolute Gasteiger partial charge is 0.287 e. The normalized spacial score (nSPS) is 10.0. The van der Waals surface area contributed by atoms with E-state index in [1.165, 1.54) is 6.07 Å². The van der Waals surface area contributed by atoms with E-state index in [4.69, 9.17) is 9.15 Å². The lowest BCUT2D eigenvalue weighted by Gasteiger charge is -2.08. The average Bonchev–Trinajstić information content (AvgIpc) is 2.97. The van der Waals surface area contributed by atoms with E-state index >= 15 is 0 Å². The Morgan fingerprint density at radius 3 is 2.55 bits per heavy atom. The van der Waals surface area contributed by atoms with Gasteiger partial charge in [0.25, 0.3) is 5.91 Å². The maximum atomic E-state index is 11.6. The van der Waals surface area contributed by atoms with E-state index in [0.717, 1.165) is 5.75 Å². The van der Waals surface area contributed by atoms with Crippen molar-refractivity contribution in [3.63, 3.8) is 0 Å². The maximum Gasteiger partial charge on any atom is 0.287 e. The van der Waals surface area contributed by atoms with Crippen molar-refractivity contribution >= 4 is 27.7 Å². The van der Waals surface area contributed by atoms with Crippen LogP contribution in [-0.2, 0) is 4.79 Å². The zero-order valence-corrected chi connectivity index (χ0v) is 13.3. The molecule has 0 bridgehead atoms. The van der Waals surface area contributed by atoms with Crippen LogP contribution in [0.5, 0.6) is 5.75 Å². The number of hydrogen-bond donors (Lipinski definition) is 2. The Bertz CT molecular complexity index is 627. The Kier molecular flexibility index (Phi) is 6.02. The number of furan rings is 1. The summed E-state index contributed by atoms with van der Waals surface area (Å²) in [6.07, 6.45) is 0. The molecular weight excluding hydrogens is 352 g/mol. The number of carbonyl (C=O) groups excluding carboxylic acids is 2. The van der Waals surface area contributed by atoms with Gasteiger partial charge in [-0.2, -0.15) is 0 Å². The number of rotatable bonds is 7. The standard InChI is InChI=1S/C15H15BrN2O4/c16-13-7-6-12(22-13)15(20)18-10-14(19)17-8-9-21-11-4-2-1-3-5-11/h1-7H,8-10H2,(H,17,19)(H,18,20). The molecule has 1 aromatic carbocycles. The molecule has 0 atom stereocenters. The highest BCUT2D eigenvalue weighted by atomic mass is 79.9. The van der Waals surface area contributed by atoms with Crippen LogP contribution >= 0.6 is 15.9 Å². The molecular formula is C15H15BrN2O4. The molecule has 0 saturated carbocycles. The average molecular weight is 367 g/mol. The molecule has 0 aliphatic carbocycles. The molecule has 0 unspecified atom stereocenters. The highest BCUT2D eigenvalue weighted by Crippen LogP contribution is 2.13. The van der Waals surface area contributed by atoms with E-state index in [2.05, 4.69) is 26.6 Å². The number of hydrogen-bond acceptors (Lipinski definition) is 4. The number of carbonyl (C=O) groups is 2. The largest absolute Gasteiger partial charge is 0.492 e. The summed E-state index contributed by atoms with van der Waals surface area (Å²) in [6, 6.07) is 12.4. The molecule has 116 valence electrons. The number of benzene rings is 1. The molecule has 0 radical (unpaired) electrons. The summed E-state index contributed by atoms with van der Waals surface area (Å²) in [6.45, 7) is 0.590. The minimum atomic E-state index is -0.443. The predicted molar refractivity (Wildman–Crippen MR) is 83.7 cm³/mol. The third-order valence-electron chi connectivity index (χ3n) is 2.64. The Hall–Kier alpha value is -2.28. The van der Waals surface area contributed by atoms with Gasteiger partial charge in [0.2, 0.25) is 5.91 Å². The third-order valence-corrected chi connectivity index (χ3v) is 3.07. The number of amides is 2. The molecule has 0 spiro atoms. The van der Waals surface area contributed by atoms with Gasteiger partial charge in [-0.1, -0.05) is 18.2 Å². The first-order chi connectivity index (χ1) is 10.6. The SMILES string of the molecule is O=C(CNC(=O)c1ccc(Br)o1)NCCOc1ccccc1. The molecule has 1 heterocycles. The lowest BCUT2D eigenvalue weighted by molar-refractivity contribution is -0.120. The number of para-hydroxylation sites is 1. The quantitative estimate of drug-likeness (QED) is 0.734. The summed E-state index contributed by atoms with van der Waals surface area (Å²) >= 11 is 3.10. The van der Waals surface area contributed by atoms with Gasteiger partial charge in [0.05, 0.1) is 13.1 Å². The molecule has 1 aromatic heterocycles. The fourth-order valence-electron chi connectivity index (χ4n) is 1.62. The van der Waals surface area contributed by atoms with Gasteiger partial charge >= 0.3 is 0 Å². The van der Waals surface area contributed by atoms with E-state index in [9.17, 15) is 9.59 Å². The van der Waals surface area contributed by atoms with Crippen LogP contribution in [0.1, 0.15) is 10.6 Å². The second kappa shape index (κ2) is 8.23. The monoisotopic (exact) mass is 366 g/mol. The Morgan fingerprint density at radius 2 is 1.86 bits per heavy atom. The zero-order chi connectivity index (χ0) is 15.8. The molecule has 22 heavy (non-hydrogen) atoms. The van der Waals surface area contributed by atoms with Crippen LogP contribution in [-0.4, -0.2) is 31.5 Å². The van der Waals surface area contributed by atoms with Crippen molar-refractivity contribution in [1.82, 2.24) is 10.6 Å². The summed E-state index contributed by atoms with van der Waals surface area (Å²) < 4.78 is 11.0. The third kappa shape index (κ3) is 5.25. The molecule has 0 fully saturated rings. The Balaban J connectivity index is 1.61. The Morgan fingerprint density at radius 1 is 1.09 bits per heavy atom. The van der Waals surface area contributed by atoms with Crippen LogP contribution in [0.2, 0.25) is 0 Å². The van der Waals surface area contributed by atoms with E-state index in [-0.39, 0.29) is 18.2 Å². The first kappa shape index (κ1) is 16.1. The number of halogens is 1. The lowest BCUT2D eigenvalue weighted by Crippen LogP contribution is -2.38. The summed E-state index contributed by atoms with van der Waals surface area (Å²) in [5.41, 5.74) is 0. The van der Waals surface area contributed by atoms with Gasteiger partial charge in [-0.25, -0.2) is 0 Å². The van der Waals surface area contributed by atoms with Crippen molar-refractivity contribution in [3.8, 4) is 5.75 Å². The van der Waals surface area contributed by atoms with Gasteiger partial charge in [0.15, 0.2) is 10.4 Å². The van der Waals surface area contributed by atoms with Crippen LogP contribution in [0.25, 0.3) is 0 Å². The second-order valence-corrected chi connectivity index (χ2v) is 5.08. The highest BCUT2D eigenvalue weighted by Gasteiger charge is 2.11. The van der Waals surface area contributed by atoms with E-state index in [1.807, 2.05) is 30.3 Å². The van der Waals surface area contributed by atoms with Gasteiger partial charge in [-0.05, 0) is 40.2 Å². The van der Waals surface area contributed by atoms with Crippen molar-refractivity contribution in [2.45, 2.75) is 0 Å². The van der Waals surface area contributed by atoms with Crippen LogP contribution in [0, 0.1) is 0 Å². The van der Waals surface area contributed by atoms with Gasteiger partial charge in [0, 0.05) is 0 Å². The molecule has 2 amide bonds. The van der Waals surface area contributed by atoms with Crippen molar-refractivity contribution in [3.05, 3.63) is 52.9 Å². The molecule has 7 heteroatoms. The summed E-state index contributed by atoms with van der Waals surface area (Å²) in [5.74, 6) is 0.151. The van der Waals surface area contributed by atoms with Gasteiger partial charge in [-0.15, -0.1) is 0 Å². The molecule has 2 rings (SSSR count). The minimum absolute atomic E-state index is 0.123. The molecule has 0 aliphatic heterocycles. The van der Waals surface area contributed by atoms with Crippen molar-refractivity contribution in [2.24, 2.45) is 0 Å². The van der Waals surface area contributed by atoms with Gasteiger partial charge in [-0.3, -0.25) is 9.59 Å². The van der Waals surface area contributed by atoms with Crippen LogP contribution in [0.15, 0.2) is 51.6 Å². The summed E-state index contributed by atoms with van der Waals surface area (Å²) in [7, 11) is 0. The minimum Gasteiger partial charge on any atom is -0.492 e. The molecule has 0 saturated heterocycles. The van der Waals surface area contributed by atoms with Crippen molar-refractivity contribution < 1.29 is 18.7 Å². The number of nitrogens with one attached hydrogen (secondary N) is 2. The van der Waals surface area contributed by atoms with Crippen LogP contribution in [0.3, 0.4) is 0 Å². The molecule has 6 nitrogen and oxygen atoms in total. The fourth-order valence-corrected chi connectivity index (χ4v) is 1.93. The van der Waals surface area contributed by atoms with Gasteiger partial charge in [0.1, 0.15) is 12.4 Å². The van der Waals surface area contributed by atoms with Crippen LogP contribution in [0.4, 0.5) is 0 Å². The Labute approximate surface area is 136 Å². The van der Waals surface area contributed by atoms with E-state index < -0.39 is 5.91 Å². The van der Waals surface area contributed by atoms with Crippen molar-refractivity contribution in [1.29, 1.82) is 0 Å². The predicted octanol–water partition coefficient (Wildman–Crippen LogP) is 1.97. The second-order valence-electron chi connectivity index (χ2n) is 4.30. The molecule has 0 aliphatic rings. The lowest BCUT2D eigenvalue weighted by atomic mass is 10.3. The summed E-state index contributed by atoms with van der Waals surface area (Å²) in [5, 5.41) is 5.11. The molecule has 2 aromatic rings. The highest BCUT2D eigenvalue weighted by molar-refractivity contribution is 9.10. The zero-order valence-electron chi connectivity index (χ0n) is 11.7. The van der Waals surface area contributed by atoms with Crippen LogP contribution < -0.4 is 15.4 Å². The molecule has 2 N–H and O–H groups in total. The van der Waals surface area contributed by atoms with Gasteiger partial charge < -0.3 is 19.8 Å². The summed E-state index contributed by atoms with van der Waals surface area (Å²) in [4.78, 5) is 23.2. The topological polar surface area (TPSA) is 80.6 Å².